The van der Waals surface area contributed by atoms with E-state index in [1.807, 2.05) is 25.7 Å². The van der Waals surface area contributed by atoms with Gasteiger partial charge in [-0.05, 0) is 64.7 Å². The number of aromatic nitrogens is 2. The Bertz CT molecular complexity index is 1220. The highest BCUT2D eigenvalue weighted by molar-refractivity contribution is 5.97. The molecule has 1 N–H and O–H groups in total. The Hall–Kier alpha value is -3.34. The Balaban J connectivity index is 1.24. The lowest BCUT2D eigenvalue weighted by Gasteiger charge is -2.54. The molecule has 1 aromatic carbocycles. The molecule has 2 aromatic rings. The van der Waals surface area contributed by atoms with E-state index in [9.17, 15) is 18.4 Å². The molecule has 0 saturated carbocycles. The molecule has 1 spiro atoms. The van der Waals surface area contributed by atoms with Gasteiger partial charge in [-0.3, -0.25) is 9.59 Å². The van der Waals surface area contributed by atoms with Crippen LogP contribution in [-0.2, 0) is 4.79 Å². The molecular weight excluding hydrogens is 518 g/mol. The van der Waals surface area contributed by atoms with E-state index in [0.717, 1.165) is 25.9 Å². The largest absolute Gasteiger partial charge is 0.451 e. The van der Waals surface area contributed by atoms with Gasteiger partial charge in [0.25, 0.3) is 5.91 Å². The molecule has 9 nitrogen and oxygen atoms in total. The van der Waals surface area contributed by atoms with E-state index < -0.39 is 12.0 Å². The third-order valence-electron chi connectivity index (χ3n) is 8.42. The van der Waals surface area contributed by atoms with Gasteiger partial charge in [-0.1, -0.05) is 0 Å². The third kappa shape index (κ3) is 5.75. The second kappa shape index (κ2) is 11.6. The number of hydrogen-bond donors (Lipinski definition) is 1. The minimum Gasteiger partial charge on any atom is -0.451 e. The summed E-state index contributed by atoms with van der Waals surface area (Å²) in [5, 5.41) is 3.05. The van der Waals surface area contributed by atoms with Crippen molar-refractivity contribution in [1.82, 2.24) is 25.1 Å². The van der Waals surface area contributed by atoms with Crippen molar-refractivity contribution in [2.45, 2.75) is 64.7 Å². The van der Waals surface area contributed by atoms with Crippen molar-refractivity contribution in [2.75, 3.05) is 44.2 Å². The molecular formula is C29H38F2N6O3. The average molecular weight is 557 g/mol. The molecule has 1 aromatic heterocycles. The number of nitrogens with one attached hydrogen (secondary N) is 1. The number of anilines is 1. The number of hydrogen-bond acceptors (Lipinski definition) is 7. The summed E-state index contributed by atoms with van der Waals surface area (Å²) in [6.07, 6.45) is 4.89. The zero-order valence-corrected chi connectivity index (χ0v) is 23.4. The summed E-state index contributed by atoms with van der Waals surface area (Å²) in [7, 11) is 0. The topological polar surface area (TPSA) is 90.9 Å². The minimum absolute atomic E-state index is 0.0512. The summed E-state index contributed by atoms with van der Waals surface area (Å²) >= 11 is 0. The summed E-state index contributed by atoms with van der Waals surface area (Å²) < 4.78 is 33.8. The Kier molecular flexibility index (Phi) is 8.21. The highest BCUT2D eigenvalue weighted by atomic mass is 19.1. The maximum absolute atomic E-state index is 14.2. The van der Waals surface area contributed by atoms with Crippen LogP contribution in [0.25, 0.3) is 0 Å². The summed E-state index contributed by atoms with van der Waals surface area (Å²) in [4.78, 5) is 40.5. The first kappa shape index (κ1) is 28.2. The number of ether oxygens (including phenoxy) is 1. The van der Waals surface area contributed by atoms with Gasteiger partial charge < -0.3 is 24.8 Å². The number of rotatable bonds is 7. The van der Waals surface area contributed by atoms with Gasteiger partial charge in [-0.15, -0.1) is 0 Å². The van der Waals surface area contributed by atoms with Crippen molar-refractivity contribution in [2.24, 2.45) is 5.41 Å². The van der Waals surface area contributed by atoms with Gasteiger partial charge in [0, 0.05) is 50.7 Å². The number of nitrogens with zero attached hydrogens (tertiary/aromatic N) is 5. The molecule has 5 rings (SSSR count). The van der Waals surface area contributed by atoms with Crippen LogP contribution in [-0.4, -0.2) is 89.1 Å². The molecule has 2 amide bonds. The first-order valence-electron chi connectivity index (χ1n) is 14.2. The Morgan fingerprint density at radius 3 is 2.60 bits per heavy atom. The SMILES string of the molecule is CCN(C(=O)c1cc(F)ccc1Oc1cncnc1N1CC2(CCN(C(=O)[C@@H]3CC[C@@H](F)CN3)CC2)C1)C(C)C. The number of likely N-dealkylation sites (tertiary alicyclic amines) is 1. The van der Waals surface area contributed by atoms with E-state index in [0.29, 0.717) is 44.0 Å². The van der Waals surface area contributed by atoms with Crippen LogP contribution in [0.1, 0.15) is 56.8 Å². The molecule has 3 saturated heterocycles. The van der Waals surface area contributed by atoms with E-state index in [1.54, 1.807) is 11.1 Å². The van der Waals surface area contributed by atoms with Crippen LogP contribution in [0.4, 0.5) is 14.6 Å². The van der Waals surface area contributed by atoms with Crippen molar-refractivity contribution < 1.29 is 23.1 Å². The summed E-state index contributed by atoms with van der Waals surface area (Å²) in [5.41, 5.74) is 0.232. The quantitative estimate of drug-likeness (QED) is 0.555. The second-order valence-corrected chi connectivity index (χ2v) is 11.5. The van der Waals surface area contributed by atoms with E-state index >= 15 is 0 Å². The fraction of sp³-hybridized carbons (Fsp3) is 0.586. The lowest BCUT2D eigenvalue weighted by molar-refractivity contribution is -0.137. The van der Waals surface area contributed by atoms with Crippen LogP contribution in [0.2, 0.25) is 0 Å². The van der Waals surface area contributed by atoms with Crippen molar-refractivity contribution in [1.29, 1.82) is 0 Å². The first-order chi connectivity index (χ1) is 19.2. The normalized spacial score (nSPS) is 22.2. The highest BCUT2D eigenvalue weighted by Gasteiger charge is 2.47. The molecule has 3 fully saturated rings. The molecule has 0 radical (unpaired) electrons. The number of alkyl halides is 1. The van der Waals surface area contributed by atoms with Gasteiger partial charge in [-0.25, -0.2) is 18.7 Å². The van der Waals surface area contributed by atoms with Crippen molar-refractivity contribution in [3.05, 3.63) is 42.1 Å². The van der Waals surface area contributed by atoms with Gasteiger partial charge >= 0.3 is 0 Å². The summed E-state index contributed by atoms with van der Waals surface area (Å²) in [5.74, 6) is 0.521. The van der Waals surface area contributed by atoms with E-state index in [1.165, 1.54) is 24.5 Å². The molecule has 4 heterocycles. The number of benzene rings is 1. The number of piperidine rings is 2. The van der Waals surface area contributed by atoms with Crippen molar-refractivity contribution in [3.8, 4) is 11.5 Å². The molecule has 2 atom stereocenters. The fourth-order valence-corrected chi connectivity index (χ4v) is 6.08. The zero-order chi connectivity index (χ0) is 28.4. The maximum atomic E-state index is 14.2. The van der Waals surface area contributed by atoms with Crippen LogP contribution in [0.3, 0.4) is 0 Å². The zero-order valence-electron chi connectivity index (χ0n) is 23.4. The Morgan fingerprint density at radius 1 is 1.20 bits per heavy atom. The van der Waals surface area contributed by atoms with E-state index in [2.05, 4.69) is 20.2 Å². The molecule has 40 heavy (non-hydrogen) atoms. The van der Waals surface area contributed by atoms with Crippen molar-refractivity contribution in [3.63, 3.8) is 0 Å². The summed E-state index contributed by atoms with van der Waals surface area (Å²) in [6, 6.07) is 3.61. The summed E-state index contributed by atoms with van der Waals surface area (Å²) in [6.45, 7) is 9.34. The third-order valence-corrected chi connectivity index (χ3v) is 8.42. The van der Waals surface area contributed by atoms with Gasteiger partial charge in [-0.2, -0.15) is 0 Å². The van der Waals surface area contributed by atoms with E-state index in [-0.39, 0.29) is 47.2 Å². The Labute approximate surface area is 233 Å². The minimum atomic E-state index is -0.869. The molecule has 0 unspecified atom stereocenters. The number of halogens is 2. The predicted molar refractivity (Wildman–Crippen MR) is 147 cm³/mol. The predicted octanol–water partition coefficient (Wildman–Crippen LogP) is 3.80. The fourth-order valence-electron chi connectivity index (χ4n) is 6.08. The highest BCUT2D eigenvalue weighted by Crippen LogP contribution is 2.45. The van der Waals surface area contributed by atoms with Crippen LogP contribution in [0, 0.1) is 11.2 Å². The number of amides is 2. The monoisotopic (exact) mass is 556 g/mol. The molecule has 216 valence electrons. The van der Waals surface area contributed by atoms with Gasteiger partial charge in [0.15, 0.2) is 11.6 Å². The van der Waals surface area contributed by atoms with Gasteiger partial charge in [0.1, 0.15) is 24.1 Å². The maximum Gasteiger partial charge on any atom is 0.257 e. The van der Waals surface area contributed by atoms with Crippen LogP contribution in [0.5, 0.6) is 11.5 Å². The van der Waals surface area contributed by atoms with Crippen LogP contribution < -0.4 is 15.0 Å². The van der Waals surface area contributed by atoms with Gasteiger partial charge in [0.05, 0.1) is 17.8 Å². The second-order valence-electron chi connectivity index (χ2n) is 11.5. The average Bonchev–Trinajstić information content (AvgIpc) is 2.93. The molecule has 0 bridgehead atoms. The number of carbonyl (C=O) groups is 2. The lowest BCUT2D eigenvalue weighted by Crippen LogP contribution is -2.62. The van der Waals surface area contributed by atoms with Crippen molar-refractivity contribution >= 4 is 17.6 Å². The smallest absolute Gasteiger partial charge is 0.257 e. The van der Waals surface area contributed by atoms with Crippen LogP contribution >= 0.6 is 0 Å². The van der Waals surface area contributed by atoms with E-state index in [4.69, 9.17) is 4.74 Å². The number of carbonyl (C=O) groups excluding carboxylic acids is 2. The van der Waals surface area contributed by atoms with Gasteiger partial charge in [0.2, 0.25) is 5.91 Å². The molecule has 0 aliphatic carbocycles. The van der Waals surface area contributed by atoms with Crippen LogP contribution in [0.15, 0.2) is 30.7 Å². The lowest BCUT2D eigenvalue weighted by atomic mass is 9.72. The molecule has 11 heteroatoms. The Morgan fingerprint density at radius 2 is 1.95 bits per heavy atom. The molecule has 3 aliphatic heterocycles. The standard InChI is InChI=1S/C29H38F2N6O3/c1-4-37(19(2)3)27(38)22-13-20(30)6-8-24(22)40-25-15-32-18-34-26(25)36-16-29(17-36)9-11-35(12-10-29)28(39)23-7-5-21(31)14-33-23/h6,8,13,15,18-19,21,23,33H,4-5,7,9-12,14,16-17H2,1-3H3/t21-,23+/m1/s1. The molecule has 3 aliphatic rings. The first-order valence-corrected chi connectivity index (χ1v) is 14.2.